The van der Waals surface area contributed by atoms with Crippen LogP contribution in [0, 0.1) is 6.92 Å². The number of para-hydroxylation sites is 2. The van der Waals surface area contributed by atoms with Crippen molar-refractivity contribution >= 4 is 17.3 Å². The van der Waals surface area contributed by atoms with E-state index in [0.717, 1.165) is 5.69 Å². The number of rotatable bonds is 6. The molecule has 0 aromatic heterocycles. The van der Waals surface area contributed by atoms with Gasteiger partial charge in [0, 0.05) is 5.69 Å². The topological polar surface area (TPSA) is 50.4 Å². The molecule has 2 N–H and O–H groups in total. The van der Waals surface area contributed by atoms with Gasteiger partial charge in [-0.1, -0.05) is 29.8 Å². The van der Waals surface area contributed by atoms with Gasteiger partial charge in [0.2, 0.25) is 5.91 Å². The monoisotopic (exact) mass is 284 g/mol. The standard InChI is InChI=1S/C17H20N2O2/c1-3-21-16-7-5-4-6-15(16)19-17(20)12-18-14-10-8-13(2)9-11-14/h4-11,18H,3,12H2,1-2H3,(H,19,20). The second kappa shape index (κ2) is 7.33. The van der Waals surface area contributed by atoms with Gasteiger partial charge in [0.15, 0.2) is 0 Å². The van der Waals surface area contributed by atoms with Crippen molar-refractivity contribution in [3.05, 3.63) is 54.1 Å². The van der Waals surface area contributed by atoms with Gasteiger partial charge in [0.25, 0.3) is 0 Å². The van der Waals surface area contributed by atoms with Crippen LogP contribution in [0.2, 0.25) is 0 Å². The minimum Gasteiger partial charge on any atom is -0.492 e. The van der Waals surface area contributed by atoms with Gasteiger partial charge in [-0.15, -0.1) is 0 Å². The first kappa shape index (κ1) is 14.9. The summed E-state index contributed by atoms with van der Waals surface area (Å²) in [7, 11) is 0. The highest BCUT2D eigenvalue weighted by Crippen LogP contribution is 2.23. The van der Waals surface area contributed by atoms with Crippen LogP contribution in [0.15, 0.2) is 48.5 Å². The summed E-state index contributed by atoms with van der Waals surface area (Å²) < 4.78 is 5.48. The minimum atomic E-state index is -0.109. The van der Waals surface area contributed by atoms with Crippen molar-refractivity contribution in [1.82, 2.24) is 0 Å². The third-order valence-corrected chi connectivity index (χ3v) is 2.97. The van der Waals surface area contributed by atoms with Crippen LogP contribution in [0.3, 0.4) is 0 Å². The first-order valence-corrected chi connectivity index (χ1v) is 7.01. The van der Waals surface area contributed by atoms with Crippen LogP contribution in [0.1, 0.15) is 12.5 Å². The maximum absolute atomic E-state index is 12.0. The summed E-state index contributed by atoms with van der Waals surface area (Å²) >= 11 is 0. The molecule has 0 aliphatic carbocycles. The van der Waals surface area contributed by atoms with E-state index in [1.807, 2.05) is 62.4 Å². The Labute approximate surface area is 125 Å². The third-order valence-electron chi connectivity index (χ3n) is 2.97. The number of hydrogen-bond donors (Lipinski definition) is 2. The Kier molecular flexibility index (Phi) is 5.21. The highest BCUT2D eigenvalue weighted by molar-refractivity contribution is 5.95. The van der Waals surface area contributed by atoms with E-state index in [1.54, 1.807) is 0 Å². The highest BCUT2D eigenvalue weighted by atomic mass is 16.5. The largest absolute Gasteiger partial charge is 0.492 e. The first-order valence-electron chi connectivity index (χ1n) is 7.01. The number of nitrogens with one attached hydrogen (secondary N) is 2. The molecule has 2 aromatic rings. The van der Waals surface area contributed by atoms with E-state index in [1.165, 1.54) is 5.56 Å². The lowest BCUT2D eigenvalue weighted by Crippen LogP contribution is -2.22. The molecule has 0 bridgehead atoms. The van der Waals surface area contributed by atoms with Gasteiger partial charge in [0.05, 0.1) is 18.8 Å². The van der Waals surface area contributed by atoms with E-state index in [2.05, 4.69) is 10.6 Å². The average Bonchev–Trinajstić information content (AvgIpc) is 2.49. The second-order valence-corrected chi connectivity index (χ2v) is 4.70. The fraction of sp³-hybridized carbons (Fsp3) is 0.235. The van der Waals surface area contributed by atoms with Gasteiger partial charge in [-0.2, -0.15) is 0 Å². The Balaban J connectivity index is 1.91. The summed E-state index contributed by atoms with van der Waals surface area (Å²) in [4.78, 5) is 12.0. The summed E-state index contributed by atoms with van der Waals surface area (Å²) in [5.41, 5.74) is 2.81. The number of benzene rings is 2. The molecule has 4 nitrogen and oxygen atoms in total. The number of hydrogen-bond acceptors (Lipinski definition) is 3. The van der Waals surface area contributed by atoms with Crippen molar-refractivity contribution in [3.8, 4) is 5.75 Å². The first-order chi connectivity index (χ1) is 10.2. The van der Waals surface area contributed by atoms with Crippen molar-refractivity contribution in [1.29, 1.82) is 0 Å². The lowest BCUT2D eigenvalue weighted by Gasteiger charge is -2.12. The molecule has 1 amide bonds. The Morgan fingerprint density at radius 3 is 2.52 bits per heavy atom. The predicted octanol–water partition coefficient (Wildman–Crippen LogP) is 3.44. The molecule has 0 heterocycles. The summed E-state index contributed by atoms with van der Waals surface area (Å²) in [5, 5.41) is 5.94. The SMILES string of the molecule is CCOc1ccccc1NC(=O)CNc1ccc(C)cc1. The maximum Gasteiger partial charge on any atom is 0.243 e. The van der Waals surface area contributed by atoms with Crippen LogP contribution in [0.5, 0.6) is 5.75 Å². The van der Waals surface area contributed by atoms with Crippen LogP contribution in [-0.4, -0.2) is 19.1 Å². The van der Waals surface area contributed by atoms with Crippen molar-refractivity contribution < 1.29 is 9.53 Å². The van der Waals surface area contributed by atoms with Gasteiger partial charge in [-0.25, -0.2) is 0 Å². The van der Waals surface area contributed by atoms with Crippen LogP contribution in [0.25, 0.3) is 0 Å². The molecule has 0 saturated heterocycles. The van der Waals surface area contributed by atoms with Crippen molar-refractivity contribution in [2.24, 2.45) is 0 Å². The van der Waals surface area contributed by atoms with Crippen LogP contribution >= 0.6 is 0 Å². The van der Waals surface area contributed by atoms with Crippen LogP contribution in [-0.2, 0) is 4.79 Å². The zero-order valence-corrected chi connectivity index (χ0v) is 12.3. The molecule has 2 rings (SSSR count). The molecule has 110 valence electrons. The second-order valence-electron chi connectivity index (χ2n) is 4.70. The van der Waals surface area contributed by atoms with Crippen LogP contribution < -0.4 is 15.4 Å². The minimum absolute atomic E-state index is 0.109. The Bertz CT molecular complexity index is 594. The number of carbonyl (C=O) groups excluding carboxylic acids is 1. The van der Waals surface area contributed by atoms with E-state index in [9.17, 15) is 4.79 Å². The molecular weight excluding hydrogens is 264 g/mol. The molecule has 2 aromatic carbocycles. The predicted molar refractivity (Wildman–Crippen MR) is 85.9 cm³/mol. The van der Waals surface area contributed by atoms with Gasteiger partial charge in [0.1, 0.15) is 5.75 Å². The van der Waals surface area contributed by atoms with Gasteiger partial charge < -0.3 is 15.4 Å². The average molecular weight is 284 g/mol. The van der Waals surface area contributed by atoms with E-state index >= 15 is 0 Å². The highest BCUT2D eigenvalue weighted by Gasteiger charge is 2.06. The lowest BCUT2D eigenvalue weighted by atomic mass is 10.2. The molecule has 0 aliphatic rings. The van der Waals surface area contributed by atoms with Crippen molar-refractivity contribution in [2.75, 3.05) is 23.8 Å². The molecule has 21 heavy (non-hydrogen) atoms. The fourth-order valence-electron chi connectivity index (χ4n) is 1.90. The lowest BCUT2D eigenvalue weighted by molar-refractivity contribution is -0.114. The van der Waals surface area contributed by atoms with E-state index in [0.29, 0.717) is 18.0 Å². The normalized spacial score (nSPS) is 10.0. The summed E-state index contributed by atoms with van der Waals surface area (Å²) in [6.45, 7) is 4.72. The van der Waals surface area contributed by atoms with Gasteiger partial charge >= 0.3 is 0 Å². The molecule has 0 aliphatic heterocycles. The number of anilines is 2. The smallest absolute Gasteiger partial charge is 0.243 e. The number of aryl methyl sites for hydroxylation is 1. The molecule has 0 fully saturated rings. The zero-order valence-electron chi connectivity index (χ0n) is 12.3. The number of amides is 1. The number of ether oxygens (including phenoxy) is 1. The molecule has 0 atom stereocenters. The Morgan fingerprint density at radius 1 is 1.10 bits per heavy atom. The van der Waals surface area contributed by atoms with Crippen molar-refractivity contribution in [2.45, 2.75) is 13.8 Å². The van der Waals surface area contributed by atoms with E-state index in [-0.39, 0.29) is 12.5 Å². The Morgan fingerprint density at radius 2 is 1.81 bits per heavy atom. The van der Waals surface area contributed by atoms with Gasteiger partial charge in [-0.05, 0) is 38.1 Å². The molecule has 0 unspecified atom stereocenters. The van der Waals surface area contributed by atoms with Gasteiger partial charge in [-0.3, -0.25) is 4.79 Å². The fourth-order valence-corrected chi connectivity index (χ4v) is 1.90. The summed E-state index contributed by atoms with van der Waals surface area (Å²) in [6.07, 6.45) is 0. The van der Waals surface area contributed by atoms with Crippen molar-refractivity contribution in [3.63, 3.8) is 0 Å². The molecule has 0 saturated carbocycles. The maximum atomic E-state index is 12.0. The third kappa shape index (κ3) is 4.53. The quantitative estimate of drug-likeness (QED) is 0.854. The number of carbonyl (C=O) groups is 1. The molecule has 4 heteroatoms. The van der Waals surface area contributed by atoms with Crippen LogP contribution in [0.4, 0.5) is 11.4 Å². The Hall–Kier alpha value is -2.49. The molecule has 0 radical (unpaired) electrons. The zero-order chi connectivity index (χ0) is 15.1. The summed E-state index contributed by atoms with van der Waals surface area (Å²) in [6, 6.07) is 15.3. The molecular formula is C17H20N2O2. The summed E-state index contributed by atoms with van der Waals surface area (Å²) in [5.74, 6) is 0.575. The van der Waals surface area contributed by atoms with E-state index < -0.39 is 0 Å². The molecule has 0 spiro atoms. The van der Waals surface area contributed by atoms with E-state index in [4.69, 9.17) is 4.74 Å².